The van der Waals surface area contributed by atoms with Crippen molar-refractivity contribution in [2.75, 3.05) is 0 Å². The predicted molar refractivity (Wildman–Crippen MR) is 63.1 cm³/mol. The zero-order valence-corrected chi connectivity index (χ0v) is 9.24. The van der Waals surface area contributed by atoms with Gasteiger partial charge < -0.3 is 5.11 Å². The molecule has 1 aromatic heterocycles. The van der Waals surface area contributed by atoms with Crippen LogP contribution in [-0.2, 0) is 5.60 Å². The summed E-state index contributed by atoms with van der Waals surface area (Å²) in [6.45, 7) is 0. The van der Waals surface area contributed by atoms with Crippen LogP contribution in [0.2, 0.25) is 0 Å². The SMILES string of the molecule is OC1(c2[nH]nc3ccccc23)CCCCC1. The zero-order chi connectivity index (χ0) is 11.0. The second-order valence-electron chi connectivity index (χ2n) is 4.71. The van der Waals surface area contributed by atoms with Crippen LogP contribution in [0.1, 0.15) is 37.8 Å². The molecule has 3 nitrogen and oxygen atoms in total. The topological polar surface area (TPSA) is 48.9 Å². The zero-order valence-electron chi connectivity index (χ0n) is 9.24. The number of hydrogen-bond acceptors (Lipinski definition) is 2. The lowest BCUT2D eigenvalue weighted by atomic mass is 9.81. The molecule has 16 heavy (non-hydrogen) atoms. The van der Waals surface area contributed by atoms with Gasteiger partial charge in [0.15, 0.2) is 0 Å². The highest BCUT2D eigenvalue weighted by Crippen LogP contribution is 2.38. The van der Waals surface area contributed by atoms with Crippen molar-refractivity contribution in [3.8, 4) is 0 Å². The molecule has 0 atom stereocenters. The third kappa shape index (κ3) is 1.43. The summed E-state index contributed by atoms with van der Waals surface area (Å²) in [6, 6.07) is 7.97. The Balaban J connectivity index is 2.11. The first-order valence-electron chi connectivity index (χ1n) is 5.96. The van der Waals surface area contributed by atoms with E-state index in [0.717, 1.165) is 42.3 Å². The van der Waals surface area contributed by atoms with E-state index >= 15 is 0 Å². The average Bonchev–Trinajstić information content (AvgIpc) is 2.74. The summed E-state index contributed by atoms with van der Waals surface area (Å²) in [5.41, 5.74) is 1.16. The van der Waals surface area contributed by atoms with Crippen LogP contribution in [0, 0.1) is 0 Å². The van der Waals surface area contributed by atoms with Crippen LogP contribution < -0.4 is 0 Å². The molecule has 0 spiro atoms. The Kier molecular flexibility index (Phi) is 2.21. The number of nitrogens with one attached hydrogen (secondary N) is 1. The van der Waals surface area contributed by atoms with E-state index in [1.54, 1.807) is 0 Å². The molecule has 0 amide bonds. The van der Waals surface area contributed by atoms with Crippen molar-refractivity contribution >= 4 is 10.9 Å². The number of para-hydroxylation sites is 1. The van der Waals surface area contributed by atoms with Gasteiger partial charge in [-0.25, -0.2) is 0 Å². The molecule has 1 aliphatic carbocycles. The molecule has 1 aromatic carbocycles. The number of aromatic amines is 1. The van der Waals surface area contributed by atoms with Gasteiger partial charge in [0.1, 0.15) is 5.60 Å². The second kappa shape index (κ2) is 3.59. The smallest absolute Gasteiger partial charge is 0.107 e. The van der Waals surface area contributed by atoms with E-state index in [1.807, 2.05) is 24.3 Å². The van der Waals surface area contributed by atoms with Crippen LogP contribution >= 0.6 is 0 Å². The highest BCUT2D eigenvalue weighted by Gasteiger charge is 2.34. The van der Waals surface area contributed by atoms with Gasteiger partial charge in [0.2, 0.25) is 0 Å². The summed E-state index contributed by atoms with van der Waals surface area (Å²) in [6.07, 6.45) is 5.13. The fraction of sp³-hybridized carbons (Fsp3) is 0.462. The van der Waals surface area contributed by atoms with Gasteiger partial charge in [-0.05, 0) is 18.9 Å². The molecule has 3 heteroatoms. The van der Waals surface area contributed by atoms with Gasteiger partial charge in [0.25, 0.3) is 0 Å². The summed E-state index contributed by atoms with van der Waals surface area (Å²) < 4.78 is 0. The number of aliphatic hydroxyl groups is 1. The number of fused-ring (bicyclic) bond motifs is 1. The summed E-state index contributed by atoms with van der Waals surface area (Å²) >= 11 is 0. The van der Waals surface area contributed by atoms with Gasteiger partial charge in [-0.1, -0.05) is 37.5 Å². The third-order valence-electron chi connectivity index (χ3n) is 3.61. The van der Waals surface area contributed by atoms with Crippen LogP contribution in [-0.4, -0.2) is 15.3 Å². The predicted octanol–water partition coefficient (Wildman–Crippen LogP) is 2.71. The first kappa shape index (κ1) is 9.85. The summed E-state index contributed by atoms with van der Waals surface area (Å²) in [4.78, 5) is 0. The van der Waals surface area contributed by atoms with Gasteiger partial charge in [-0.3, -0.25) is 5.10 Å². The van der Waals surface area contributed by atoms with Crippen LogP contribution in [0.5, 0.6) is 0 Å². The number of rotatable bonds is 1. The number of nitrogens with zero attached hydrogens (tertiary/aromatic N) is 1. The molecule has 84 valence electrons. The second-order valence-corrected chi connectivity index (χ2v) is 4.71. The minimum Gasteiger partial charge on any atom is -0.384 e. The quantitative estimate of drug-likeness (QED) is 0.770. The Labute approximate surface area is 94.5 Å². The van der Waals surface area contributed by atoms with Crippen LogP contribution in [0.25, 0.3) is 10.9 Å². The van der Waals surface area contributed by atoms with Crippen molar-refractivity contribution in [3.05, 3.63) is 30.0 Å². The Morgan fingerprint density at radius 2 is 1.88 bits per heavy atom. The van der Waals surface area contributed by atoms with Crippen molar-refractivity contribution in [2.24, 2.45) is 0 Å². The van der Waals surface area contributed by atoms with Gasteiger partial charge >= 0.3 is 0 Å². The maximum absolute atomic E-state index is 10.7. The molecule has 0 bridgehead atoms. The number of aromatic nitrogens is 2. The molecule has 1 heterocycles. The maximum Gasteiger partial charge on any atom is 0.107 e. The maximum atomic E-state index is 10.7. The van der Waals surface area contributed by atoms with E-state index in [2.05, 4.69) is 10.2 Å². The monoisotopic (exact) mass is 216 g/mol. The molecule has 0 saturated heterocycles. The lowest BCUT2D eigenvalue weighted by Gasteiger charge is -2.31. The van der Waals surface area contributed by atoms with Crippen LogP contribution in [0.15, 0.2) is 24.3 Å². The molecule has 3 rings (SSSR count). The fourth-order valence-corrected chi connectivity index (χ4v) is 2.70. The molecule has 1 aliphatic rings. The minimum absolute atomic E-state index is 0.686. The molecular formula is C13H16N2O. The highest BCUT2D eigenvalue weighted by atomic mass is 16.3. The van der Waals surface area contributed by atoms with E-state index < -0.39 is 5.60 Å². The third-order valence-corrected chi connectivity index (χ3v) is 3.61. The standard InChI is InChI=1S/C13H16N2O/c16-13(8-4-1-5-9-13)12-10-6-2-3-7-11(10)14-15-12/h2-3,6-7,16H,1,4-5,8-9H2,(H,14,15). The molecule has 2 aromatic rings. The van der Waals surface area contributed by atoms with Crippen molar-refractivity contribution in [3.63, 3.8) is 0 Å². The largest absolute Gasteiger partial charge is 0.384 e. The van der Waals surface area contributed by atoms with Gasteiger partial charge in [-0.2, -0.15) is 5.10 Å². The van der Waals surface area contributed by atoms with E-state index in [1.165, 1.54) is 6.42 Å². The number of benzene rings is 1. The van der Waals surface area contributed by atoms with Crippen molar-refractivity contribution in [1.29, 1.82) is 0 Å². The molecule has 1 fully saturated rings. The van der Waals surface area contributed by atoms with Gasteiger partial charge in [0.05, 0.1) is 11.2 Å². The number of H-pyrrole nitrogens is 1. The van der Waals surface area contributed by atoms with E-state index in [4.69, 9.17) is 0 Å². The van der Waals surface area contributed by atoms with Gasteiger partial charge in [0, 0.05) is 5.39 Å². The van der Waals surface area contributed by atoms with Crippen molar-refractivity contribution in [1.82, 2.24) is 10.2 Å². The Bertz CT molecular complexity index is 497. The van der Waals surface area contributed by atoms with Crippen LogP contribution in [0.3, 0.4) is 0 Å². The Hall–Kier alpha value is -1.35. The Morgan fingerprint density at radius 3 is 2.69 bits per heavy atom. The minimum atomic E-state index is -0.686. The highest BCUT2D eigenvalue weighted by molar-refractivity contribution is 5.81. The molecule has 1 saturated carbocycles. The molecule has 0 aliphatic heterocycles. The summed E-state index contributed by atoms with van der Waals surface area (Å²) in [5.74, 6) is 0. The van der Waals surface area contributed by atoms with E-state index in [9.17, 15) is 5.11 Å². The molecule has 2 N–H and O–H groups in total. The molecule has 0 unspecified atom stereocenters. The summed E-state index contributed by atoms with van der Waals surface area (Å²) in [5, 5.41) is 19.0. The van der Waals surface area contributed by atoms with Crippen molar-refractivity contribution < 1.29 is 5.11 Å². The number of hydrogen-bond donors (Lipinski definition) is 2. The van der Waals surface area contributed by atoms with E-state index in [0.29, 0.717) is 0 Å². The Morgan fingerprint density at radius 1 is 1.12 bits per heavy atom. The summed E-state index contributed by atoms with van der Waals surface area (Å²) in [7, 11) is 0. The van der Waals surface area contributed by atoms with Crippen LogP contribution in [0.4, 0.5) is 0 Å². The van der Waals surface area contributed by atoms with Crippen molar-refractivity contribution in [2.45, 2.75) is 37.7 Å². The normalized spacial score (nSPS) is 20.1. The van der Waals surface area contributed by atoms with E-state index in [-0.39, 0.29) is 0 Å². The van der Waals surface area contributed by atoms with Gasteiger partial charge in [-0.15, -0.1) is 0 Å². The molecule has 0 radical (unpaired) electrons. The first-order chi connectivity index (χ1) is 7.80. The fourth-order valence-electron chi connectivity index (χ4n) is 2.70. The lowest BCUT2D eigenvalue weighted by Crippen LogP contribution is -2.29. The average molecular weight is 216 g/mol. The molecular weight excluding hydrogens is 200 g/mol. The first-order valence-corrected chi connectivity index (χ1v) is 5.96. The lowest BCUT2D eigenvalue weighted by molar-refractivity contribution is -0.00335.